The third kappa shape index (κ3) is 4.98. The summed E-state index contributed by atoms with van der Waals surface area (Å²) in [5, 5.41) is 18.7. The number of hydrogen-bond acceptors (Lipinski definition) is 5. The van der Waals surface area contributed by atoms with E-state index in [1.54, 1.807) is 24.3 Å². The van der Waals surface area contributed by atoms with Crippen LogP contribution in [0.3, 0.4) is 0 Å². The molecule has 0 bridgehead atoms. The van der Waals surface area contributed by atoms with Crippen LogP contribution in [-0.4, -0.2) is 34.6 Å². The zero-order valence-corrected chi connectivity index (χ0v) is 16.1. The van der Waals surface area contributed by atoms with Crippen molar-refractivity contribution in [3.8, 4) is 0 Å². The Morgan fingerprint density at radius 3 is 2.52 bits per heavy atom. The number of carboxylic acid groups (broad SMARTS) is 1. The number of anilines is 1. The summed E-state index contributed by atoms with van der Waals surface area (Å²) in [7, 11) is 0. The van der Waals surface area contributed by atoms with Gasteiger partial charge in [0.05, 0.1) is 12.8 Å². The van der Waals surface area contributed by atoms with E-state index in [0.29, 0.717) is 22.5 Å². The van der Waals surface area contributed by atoms with E-state index in [1.165, 1.54) is 0 Å². The number of aromatic nitrogens is 1. The second kappa shape index (κ2) is 8.55. The molecule has 2 amide bonds. The third-order valence-corrected chi connectivity index (χ3v) is 4.36. The van der Waals surface area contributed by atoms with Gasteiger partial charge in [-0.05, 0) is 55.3 Å². The van der Waals surface area contributed by atoms with Crippen LogP contribution in [0.25, 0.3) is 11.0 Å². The summed E-state index contributed by atoms with van der Waals surface area (Å²) in [6, 6.07) is 10.3. The quantitative estimate of drug-likeness (QED) is 0.566. The van der Waals surface area contributed by atoms with Gasteiger partial charge >= 0.3 is 5.97 Å². The van der Waals surface area contributed by atoms with Crippen molar-refractivity contribution in [3.63, 3.8) is 0 Å². The average molecular weight is 395 g/mol. The lowest BCUT2D eigenvalue weighted by Gasteiger charge is -2.07. The van der Waals surface area contributed by atoms with Crippen LogP contribution in [0.1, 0.15) is 33.6 Å². The molecule has 0 atom stereocenters. The smallest absolute Gasteiger partial charge is 0.305 e. The Morgan fingerprint density at radius 2 is 1.83 bits per heavy atom. The van der Waals surface area contributed by atoms with E-state index in [1.807, 2.05) is 26.0 Å². The van der Waals surface area contributed by atoms with Gasteiger partial charge in [-0.1, -0.05) is 11.2 Å². The molecule has 8 nitrogen and oxygen atoms in total. The Bertz CT molecular complexity index is 1070. The fourth-order valence-electron chi connectivity index (χ4n) is 3.01. The predicted molar refractivity (Wildman–Crippen MR) is 107 cm³/mol. The van der Waals surface area contributed by atoms with Crippen molar-refractivity contribution in [1.82, 2.24) is 10.5 Å². The lowest BCUT2D eigenvalue weighted by Crippen LogP contribution is -2.26. The van der Waals surface area contributed by atoms with E-state index in [0.717, 1.165) is 16.5 Å². The molecule has 0 radical (unpaired) electrons. The van der Waals surface area contributed by atoms with Gasteiger partial charge in [0.2, 0.25) is 5.91 Å². The van der Waals surface area contributed by atoms with Crippen molar-refractivity contribution in [2.75, 3.05) is 11.9 Å². The Balaban J connectivity index is 1.61. The molecule has 0 saturated carbocycles. The van der Waals surface area contributed by atoms with Crippen LogP contribution in [0.15, 0.2) is 40.9 Å². The van der Waals surface area contributed by atoms with Crippen LogP contribution in [0.5, 0.6) is 0 Å². The van der Waals surface area contributed by atoms with Crippen LogP contribution in [0.4, 0.5) is 5.69 Å². The molecule has 29 heavy (non-hydrogen) atoms. The highest BCUT2D eigenvalue weighted by molar-refractivity contribution is 5.97. The summed E-state index contributed by atoms with van der Waals surface area (Å²) < 4.78 is 5.36. The van der Waals surface area contributed by atoms with Crippen LogP contribution in [0.2, 0.25) is 0 Å². The summed E-state index contributed by atoms with van der Waals surface area (Å²) in [4.78, 5) is 34.8. The summed E-state index contributed by atoms with van der Waals surface area (Å²) in [5.74, 6) is -1.60. The number of nitrogens with zero attached hydrogens (tertiary/aromatic N) is 1. The Morgan fingerprint density at radius 1 is 1.10 bits per heavy atom. The Kier molecular flexibility index (Phi) is 5.92. The third-order valence-electron chi connectivity index (χ3n) is 4.36. The zero-order chi connectivity index (χ0) is 21.0. The van der Waals surface area contributed by atoms with Gasteiger partial charge in [0.25, 0.3) is 5.91 Å². The number of nitrogens with one attached hydrogen (secondary N) is 2. The number of rotatable bonds is 7. The highest BCUT2D eigenvalue weighted by Gasteiger charge is 2.15. The highest BCUT2D eigenvalue weighted by Crippen LogP contribution is 2.24. The van der Waals surface area contributed by atoms with Crippen molar-refractivity contribution < 1.29 is 24.0 Å². The average Bonchev–Trinajstić information content (AvgIpc) is 3.04. The minimum atomic E-state index is -0.978. The minimum Gasteiger partial charge on any atom is -0.481 e. The van der Waals surface area contributed by atoms with E-state index in [9.17, 15) is 14.4 Å². The molecule has 8 heteroatoms. The number of amides is 2. The molecule has 3 rings (SSSR count). The first-order chi connectivity index (χ1) is 13.8. The van der Waals surface area contributed by atoms with Crippen molar-refractivity contribution in [3.05, 3.63) is 58.8 Å². The molecule has 0 fully saturated rings. The molecule has 2 aromatic carbocycles. The molecular formula is C21H21N3O5. The number of aliphatic carboxylic acids is 1. The lowest BCUT2D eigenvalue weighted by molar-refractivity contribution is -0.136. The Labute approximate surface area is 166 Å². The minimum absolute atomic E-state index is 0.0528. The second-order valence-corrected chi connectivity index (χ2v) is 6.79. The first-order valence-corrected chi connectivity index (χ1v) is 9.09. The van der Waals surface area contributed by atoms with Crippen molar-refractivity contribution in [2.45, 2.75) is 26.7 Å². The number of carbonyl (C=O) groups is 3. The van der Waals surface area contributed by atoms with E-state index in [2.05, 4.69) is 15.8 Å². The lowest BCUT2D eigenvalue weighted by atomic mass is 10.1. The molecule has 3 aromatic rings. The van der Waals surface area contributed by atoms with Gasteiger partial charge in [-0.25, -0.2) is 0 Å². The molecular weight excluding hydrogens is 374 g/mol. The molecule has 0 spiro atoms. The highest BCUT2D eigenvalue weighted by atomic mass is 16.5. The van der Waals surface area contributed by atoms with Crippen molar-refractivity contribution >= 4 is 34.4 Å². The van der Waals surface area contributed by atoms with Crippen LogP contribution >= 0.6 is 0 Å². The standard InChI is InChI=1S/C21H21N3O5/c1-12-9-13(2)20-16(10-12)17(24-29-20)11-18(25)23-15-5-3-14(4-6-15)21(28)22-8-7-19(26)27/h3-6,9-10H,7-8,11H2,1-2H3,(H,22,28)(H,23,25)(H,26,27). The predicted octanol–water partition coefficient (Wildman–Crippen LogP) is 2.83. The molecule has 0 aliphatic carbocycles. The van der Waals surface area contributed by atoms with Crippen LogP contribution in [0, 0.1) is 13.8 Å². The van der Waals surface area contributed by atoms with Gasteiger partial charge in [0.1, 0.15) is 5.69 Å². The number of hydrogen-bond donors (Lipinski definition) is 3. The fourth-order valence-corrected chi connectivity index (χ4v) is 3.01. The number of benzene rings is 2. The summed E-state index contributed by atoms with van der Waals surface area (Å²) in [6.45, 7) is 3.96. The second-order valence-electron chi connectivity index (χ2n) is 6.79. The largest absolute Gasteiger partial charge is 0.481 e. The molecule has 1 heterocycles. The number of carboxylic acids is 1. The van der Waals surface area contributed by atoms with Gasteiger partial charge in [0.15, 0.2) is 5.58 Å². The molecule has 0 aliphatic heterocycles. The maximum atomic E-state index is 12.4. The number of fused-ring (bicyclic) bond motifs is 1. The molecule has 1 aromatic heterocycles. The number of aryl methyl sites for hydroxylation is 2. The maximum Gasteiger partial charge on any atom is 0.305 e. The molecule has 0 unspecified atom stereocenters. The summed E-state index contributed by atoms with van der Waals surface area (Å²) in [5.41, 5.74) is 4.20. The van der Waals surface area contributed by atoms with Gasteiger partial charge in [-0.2, -0.15) is 0 Å². The topological polar surface area (TPSA) is 122 Å². The maximum absolute atomic E-state index is 12.4. The summed E-state index contributed by atoms with van der Waals surface area (Å²) >= 11 is 0. The summed E-state index contributed by atoms with van der Waals surface area (Å²) in [6.07, 6.45) is -0.0804. The van der Waals surface area contributed by atoms with Crippen LogP contribution < -0.4 is 10.6 Å². The van der Waals surface area contributed by atoms with Crippen molar-refractivity contribution in [1.29, 1.82) is 0 Å². The van der Waals surface area contributed by atoms with E-state index >= 15 is 0 Å². The zero-order valence-electron chi connectivity index (χ0n) is 16.1. The first kappa shape index (κ1) is 20.1. The van der Waals surface area contributed by atoms with E-state index in [-0.39, 0.29) is 31.2 Å². The fraction of sp³-hybridized carbons (Fsp3) is 0.238. The first-order valence-electron chi connectivity index (χ1n) is 9.09. The Hall–Kier alpha value is -3.68. The van der Waals surface area contributed by atoms with E-state index in [4.69, 9.17) is 9.63 Å². The van der Waals surface area contributed by atoms with Gasteiger partial charge in [-0.15, -0.1) is 0 Å². The van der Waals surface area contributed by atoms with Gasteiger partial charge in [-0.3, -0.25) is 14.4 Å². The molecule has 3 N–H and O–H groups in total. The molecule has 0 saturated heterocycles. The SMILES string of the molecule is Cc1cc(C)c2onc(CC(=O)Nc3ccc(C(=O)NCCC(=O)O)cc3)c2c1. The van der Waals surface area contributed by atoms with Gasteiger partial charge in [0, 0.05) is 23.2 Å². The van der Waals surface area contributed by atoms with Crippen LogP contribution in [-0.2, 0) is 16.0 Å². The molecule has 150 valence electrons. The normalized spacial score (nSPS) is 10.7. The van der Waals surface area contributed by atoms with E-state index < -0.39 is 5.97 Å². The molecule has 0 aliphatic rings. The van der Waals surface area contributed by atoms with Gasteiger partial charge < -0.3 is 20.3 Å². The van der Waals surface area contributed by atoms with Crippen molar-refractivity contribution in [2.24, 2.45) is 0 Å². The monoisotopic (exact) mass is 395 g/mol. The number of carbonyl (C=O) groups excluding carboxylic acids is 2.